The van der Waals surface area contributed by atoms with Gasteiger partial charge in [0.2, 0.25) is 0 Å². The van der Waals surface area contributed by atoms with Crippen LogP contribution in [0.5, 0.6) is 5.75 Å². The molecule has 3 rings (SSSR count). The lowest BCUT2D eigenvalue weighted by atomic mass is 10.1. The Morgan fingerprint density at radius 1 is 1.15 bits per heavy atom. The summed E-state index contributed by atoms with van der Waals surface area (Å²) in [5.41, 5.74) is 2.83. The number of rotatable bonds is 5. The number of methoxy groups -OCH3 is 1. The lowest BCUT2D eigenvalue weighted by Gasteiger charge is -2.04. The molecule has 27 heavy (non-hydrogen) atoms. The van der Waals surface area contributed by atoms with Crippen molar-refractivity contribution in [2.45, 2.75) is 13.3 Å². The molecule has 1 N–H and O–H groups in total. The molecule has 0 spiro atoms. The number of halogens is 1. The van der Waals surface area contributed by atoms with Crippen LogP contribution in [0.25, 0.3) is 17.0 Å². The molecule has 5 nitrogen and oxygen atoms in total. The van der Waals surface area contributed by atoms with Gasteiger partial charge in [-0.25, -0.2) is 0 Å². The van der Waals surface area contributed by atoms with Crippen molar-refractivity contribution in [2.75, 3.05) is 7.11 Å². The smallest absolute Gasteiger partial charge is 0.307 e. The van der Waals surface area contributed by atoms with Crippen molar-refractivity contribution in [3.05, 3.63) is 71.4 Å². The molecule has 0 saturated carbocycles. The molecule has 1 heterocycles. The number of carboxylic acids is 1. The molecule has 0 atom stereocenters. The van der Waals surface area contributed by atoms with Gasteiger partial charge in [-0.1, -0.05) is 30.3 Å². The molecular weight excluding hydrogens is 366 g/mol. The van der Waals surface area contributed by atoms with Crippen molar-refractivity contribution in [1.29, 1.82) is 0 Å². The number of carbonyl (C=O) groups excluding carboxylic acids is 1. The third kappa shape index (κ3) is 4.20. The fourth-order valence-corrected chi connectivity index (χ4v) is 3.05. The van der Waals surface area contributed by atoms with Crippen LogP contribution in [-0.2, 0) is 11.2 Å². The van der Waals surface area contributed by atoms with Gasteiger partial charge in [-0.15, -0.1) is 12.4 Å². The monoisotopic (exact) mass is 385 g/mol. The second-order valence-electron chi connectivity index (χ2n) is 5.94. The van der Waals surface area contributed by atoms with Crippen molar-refractivity contribution in [3.8, 4) is 5.75 Å². The number of nitrogens with zero attached hydrogens (tertiary/aromatic N) is 1. The highest BCUT2D eigenvalue weighted by molar-refractivity contribution is 6.03. The van der Waals surface area contributed by atoms with Gasteiger partial charge in [0.15, 0.2) is 0 Å². The second-order valence-corrected chi connectivity index (χ2v) is 5.94. The maximum absolute atomic E-state index is 12.8. The topological polar surface area (TPSA) is 68.5 Å². The van der Waals surface area contributed by atoms with Crippen molar-refractivity contribution < 1.29 is 19.4 Å². The van der Waals surface area contributed by atoms with E-state index in [1.165, 1.54) is 6.08 Å². The van der Waals surface area contributed by atoms with E-state index in [1.807, 2.05) is 30.3 Å². The standard InChI is InChI=1S/C21H19NO4.ClH/c1-14-17(13-21(24)25)18-12-16(26-2)9-10-19(18)22(14)20(23)11-8-15-6-4-3-5-7-15;/h3-12H,13H2,1-2H3,(H,24,25);1H/b11-8+;. The SMILES string of the molecule is COc1ccc2c(c1)c(CC(=O)O)c(C)n2C(=O)/C=C/c1ccccc1.Cl. The average Bonchev–Trinajstić information content (AvgIpc) is 2.91. The van der Waals surface area contributed by atoms with Crippen LogP contribution < -0.4 is 4.74 Å². The molecule has 0 unspecified atom stereocenters. The molecule has 0 aliphatic rings. The van der Waals surface area contributed by atoms with E-state index >= 15 is 0 Å². The predicted octanol–water partition coefficient (Wildman–Crippen LogP) is 4.36. The number of fused-ring (bicyclic) bond motifs is 1. The Labute approximate surface area is 163 Å². The van der Waals surface area contributed by atoms with Crippen LogP contribution in [0.4, 0.5) is 0 Å². The van der Waals surface area contributed by atoms with Crippen LogP contribution in [0, 0.1) is 6.92 Å². The number of allylic oxidation sites excluding steroid dienone is 1. The van der Waals surface area contributed by atoms with Gasteiger partial charge < -0.3 is 9.84 Å². The third-order valence-electron chi connectivity index (χ3n) is 4.31. The summed E-state index contributed by atoms with van der Waals surface area (Å²) in [6.45, 7) is 1.76. The largest absolute Gasteiger partial charge is 0.497 e. The number of carbonyl (C=O) groups is 2. The summed E-state index contributed by atoms with van der Waals surface area (Å²) >= 11 is 0. The second kappa shape index (κ2) is 8.56. The predicted molar refractivity (Wildman–Crippen MR) is 108 cm³/mol. The first kappa shape index (κ1) is 20.3. The molecule has 0 radical (unpaired) electrons. The zero-order chi connectivity index (χ0) is 18.7. The van der Waals surface area contributed by atoms with Crippen LogP contribution in [0.15, 0.2) is 54.6 Å². The van der Waals surface area contributed by atoms with Crippen molar-refractivity contribution in [3.63, 3.8) is 0 Å². The summed E-state index contributed by atoms with van der Waals surface area (Å²) < 4.78 is 6.79. The molecule has 0 amide bonds. The molecule has 0 aliphatic carbocycles. The van der Waals surface area contributed by atoms with Gasteiger partial charge in [-0.05, 0) is 42.3 Å². The van der Waals surface area contributed by atoms with E-state index in [0.29, 0.717) is 27.9 Å². The zero-order valence-electron chi connectivity index (χ0n) is 15.0. The highest BCUT2D eigenvalue weighted by atomic mass is 35.5. The summed E-state index contributed by atoms with van der Waals surface area (Å²) in [6.07, 6.45) is 3.09. The Morgan fingerprint density at radius 3 is 2.48 bits per heavy atom. The summed E-state index contributed by atoms with van der Waals surface area (Å²) in [6, 6.07) is 14.8. The minimum absolute atomic E-state index is 0. The van der Waals surface area contributed by atoms with Gasteiger partial charge in [0.25, 0.3) is 5.91 Å². The van der Waals surface area contributed by atoms with Crippen LogP contribution in [-0.4, -0.2) is 28.7 Å². The first-order valence-corrected chi connectivity index (χ1v) is 8.18. The molecule has 0 aliphatic heterocycles. The van der Waals surface area contributed by atoms with E-state index in [1.54, 1.807) is 42.9 Å². The van der Waals surface area contributed by atoms with E-state index in [2.05, 4.69) is 0 Å². The van der Waals surface area contributed by atoms with Crippen molar-refractivity contribution in [2.24, 2.45) is 0 Å². The number of hydrogen-bond donors (Lipinski definition) is 1. The Hall–Kier alpha value is -3.05. The Balaban J connectivity index is 0.00000261. The van der Waals surface area contributed by atoms with Gasteiger partial charge in [-0.3, -0.25) is 14.2 Å². The molecule has 0 fully saturated rings. The van der Waals surface area contributed by atoms with E-state index in [9.17, 15) is 14.7 Å². The highest BCUT2D eigenvalue weighted by Gasteiger charge is 2.19. The van der Waals surface area contributed by atoms with Crippen LogP contribution in [0.2, 0.25) is 0 Å². The van der Waals surface area contributed by atoms with E-state index < -0.39 is 5.97 Å². The van der Waals surface area contributed by atoms with Gasteiger partial charge in [-0.2, -0.15) is 0 Å². The number of ether oxygens (including phenoxy) is 1. The minimum Gasteiger partial charge on any atom is -0.497 e. The quantitative estimate of drug-likeness (QED) is 0.662. The molecular formula is C21H20ClNO4. The van der Waals surface area contributed by atoms with Gasteiger partial charge in [0.1, 0.15) is 5.75 Å². The van der Waals surface area contributed by atoms with Crippen LogP contribution in [0.1, 0.15) is 21.6 Å². The summed E-state index contributed by atoms with van der Waals surface area (Å²) in [7, 11) is 1.55. The lowest BCUT2D eigenvalue weighted by molar-refractivity contribution is -0.136. The summed E-state index contributed by atoms with van der Waals surface area (Å²) in [5.74, 6) is -0.547. The maximum atomic E-state index is 12.8. The summed E-state index contributed by atoms with van der Waals surface area (Å²) in [4.78, 5) is 24.1. The zero-order valence-corrected chi connectivity index (χ0v) is 15.8. The van der Waals surface area contributed by atoms with Gasteiger partial charge in [0, 0.05) is 17.2 Å². The van der Waals surface area contributed by atoms with Gasteiger partial charge in [0.05, 0.1) is 19.0 Å². The van der Waals surface area contributed by atoms with Crippen molar-refractivity contribution in [1.82, 2.24) is 4.57 Å². The number of aromatic nitrogens is 1. The highest BCUT2D eigenvalue weighted by Crippen LogP contribution is 2.30. The first-order chi connectivity index (χ1) is 12.5. The normalized spacial score (nSPS) is 10.7. The number of benzene rings is 2. The summed E-state index contributed by atoms with van der Waals surface area (Å²) in [5, 5.41) is 9.95. The Bertz CT molecular complexity index is 1010. The van der Waals surface area contributed by atoms with Gasteiger partial charge >= 0.3 is 5.97 Å². The first-order valence-electron chi connectivity index (χ1n) is 8.18. The van der Waals surface area contributed by atoms with Crippen LogP contribution >= 0.6 is 12.4 Å². The Kier molecular flexibility index (Phi) is 6.42. The van der Waals surface area contributed by atoms with Crippen molar-refractivity contribution >= 4 is 41.3 Å². The van der Waals surface area contributed by atoms with E-state index in [4.69, 9.17) is 4.74 Å². The van der Waals surface area contributed by atoms with Crippen LogP contribution in [0.3, 0.4) is 0 Å². The molecule has 0 saturated heterocycles. The number of carboxylic acid groups (broad SMARTS) is 1. The number of aliphatic carboxylic acids is 1. The minimum atomic E-state index is -0.942. The molecule has 140 valence electrons. The molecule has 0 bridgehead atoms. The molecule has 2 aromatic carbocycles. The average molecular weight is 386 g/mol. The fraction of sp³-hybridized carbons (Fsp3) is 0.143. The van der Waals surface area contributed by atoms with E-state index in [0.717, 1.165) is 5.56 Å². The fourth-order valence-electron chi connectivity index (χ4n) is 3.05. The lowest BCUT2D eigenvalue weighted by Crippen LogP contribution is -2.10. The molecule has 6 heteroatoms. The maximum Gasteiger partial charge on any atom is 0.307 e. The van der Waals surface area contributed by atoms with E-state index in [-0.39, 0.29) is 24.7 Å². The molecule has 1 aromatic heterocycles. The Morgan fingerprint density at radius 2 is 1.85 bits per heavy atom. The molecule has 3 aromatic rings. The number of hydrogen-bond acceptors (Lipinski definition) is 3. The third-order valence-corrected chi connectivity index (χ3v) is 4.31.